The lowest BCUT2D eigenvalue weighted by atomic mass is 9.79. The molecule has 18 heavy (non-hydrogen) atoms. The summed E-state index contributed by atoms with van der Waals surface area (Å²) in [6.45, 7) is 6.30. The van der Waals surface area contributed by atoms with Crippen molar-refractivity contribution in [1.29, 1.82) is 0 Å². The van der Waals surface area contributed by atoms with Gasteiger partial charge < -0.3 is 9.84 Å². The van der Waals surface area contributed by atoms with Gasteiger partial charge in [-0.3, -0.25) is 4.79 Å². The van der Waals surface area contributed by atoms with Crippen LogP contribution in [0.3, 0.4) is 0 Å². The van der Waals surface area contributed by atoms with Crippen LogP contribution in [0.25, 0.3) is 0 Å². The lowest BCUT2D eigenvalue weighted by Crippen LogP contribution is -2.31. The van der Waals surface area contributed by atoms with E-state index in [0.717, 1.165) is 5.75 Å². The molecule has 0 unspecified atom stereocenters. The maximum Gasteiger partial charge on any atom is 0.309 e. The monoisotopic (exact) mass is 250 g/mol. The first-order valence-electron chi connectivity index (χ1n) is 6.47. The summed E-state index contributed by atoms with van der Waals surface area (Å²) >= 11 is 0. The number of hydrogen-bond donors (Lipinski definition) is 1. The van der Waals surface area contributed by atoms with Crippen LogP contribution < -0.4 is 4.74 Å². The first-order valence-corrected chi connectivity index (χ1v) is 6.47. The Morgan fingerprint density at radius 2 is 1.78 bits per heavy atom. The Hall–Kier alpha value is -1.51. The van der Waals surface area contributed by atoms with Crippen molar-refractivity contribution in [1.82, 2.24) is 0 Å². The highest BCUT2D eigenvalue weighted by molar-refractivity contribution is 5.74. The second-order valence-electron chi connectivity index (χ2n) is 4.70. The molecular formula is C15H22O3. The second kappa shape index (κ2) is 6.43. The highest BCUT2D eigenvalue weighted by Gasteiger charge is 2.34. The molecule has 1 aromatic rings. The van der Waals surface area contributed by atoms with Crippen molar-refractivity contribution in [2.24, 2.45) is 5.41 Å². The van der Waals surface area contributed by atoms with Crippen LogP contribution in [0.5, 0.6) is 5.75 Å². The normalized spacial score (nSPS) is 11.3. The number of hydrogen-bond acceptors (Lipinski definition) is 2. The maximum absolute atomic E-state index is 11.3. The van der Waals surface area contributed by atoms with E-state index in [1.54, 1.807) is 0 Å². The zero-order chi connectivity index (χ0) is 13.6. The Balaban J connectivity index is 2.54. The van der Waals surface area contributed by atoms with Gasteiger partial charge in [0.2, 0.25) is 0 Å². The van der Waals surface area contributed by atoms with E-state index in [2.05, 4.69) is 0 Å². The smallest absolute Gasteiger partial charge is 0.309 e. The largest absolute Gasteiger partial charge is 0.494 e. The Labute approximate surface area is 109 Å². The zero-order valence-corrected chi connectivity index (χ0v) is 11.4. The third-order valence-electron chi connectivity index (χ3n) is 3.68. The summed E-state index contributed by atoms with van der Waals surface area (Å²) in [7, 11) is 0. The fourth-order valence-electron chi connectivity index (χ4n) is 2.01. The van der Waals surface area contributed by atoms with Crippen molar-refractivity contribution < 1.29 is 14.6 Å². The summed E-state index contributed by atoms with van der Waals surface area (Å²) in [4.78, 5) is 11.3. The summed E-state index contributed by atoms with van der Waals surface area (Å²) in [5.41, 5.74) is 0.536. The van der Waals surface area contributed by atoms with E-state index in [4.69, 9.17) is 4.74 Å². The second-order valence-corrected chi connectivity index (χ2v) is 4.70. The SMILES string of the molecule is CCC(CC)(CCOc1ccc(C)cc1)C(=O)O. The number of aliphatic carboxylic acids is 1. The fourth-order valence-corrected chi connectivity index (χ4v) is 2.01. The van der Waals surface area contributed by atoms with Crippen LogP contribution in [-0.4, -0.2) is 17.7 Å². The van der Waals surface area contributed by atoms with Crippen LogP contribution >= 0.6 is 0 Å². The molecule has 0 fully saturated rings. The Morgan fingerprint density at radius 1 is 1.22 bits per heavy atom. The van der Waals surface area contributed by atoms with E-state index >= 15 is 0 Å². The third-order valence-corrected chi connectivity index (χ3v) is 3.68. The quantitative estimate of drug-likeness (QED) is 0.803. The van der Waals surface area contributed by atoms with Crippen molar-refractivity contribution in [2.75, 3.05) is 6.61 Å². The number of carboxylic acid groups (broad SMARTS) is 1. The predicted octanol–water partition coefficient (Wildman–Crippen LogP) is 3.65. The summed E-state index contributed by atoms with van der Waals surface area (Å²) in [6.07, 6.45) is 1.81. The first-order chi connectivity index (χ1) is 8.54. The van der Waals surface area contributed by atoms with Gasteiger partial charge in [-0.05, 0) is 38.3 Å². The summed E-state index contributed by atoms with van der Waals surface area (Å²) in [5.74, 6) is 0.0760. The molecule has 0 aliphatic heterocycles. The highest BCUT2D eigenvalue weighted by Crippen LogP contribution is 2.31. The van der Waals surface area contributed by atoms with E-state index in [1.807, 2.05) is 45.0 Å². The van der Waals surface area contributed by atoms with Gasteiger partial charge in [-0.2, -0.15) is 0 Å². The summed E-state index contributed by atoms with van der Waals surface area (Å²) < 4.78 is 5.61. The van der Waals surface area contributed by atoms with Gasteiger partial charge in [-0.25, -0.2) is 0 Å². The van der Waals surface area contributed by atoms with Crippen molar-refractivity contribution in [2.45, 2.75) is 40.0 Å². The van der Waals surface area contributed by atoms with Crippen LogP contribution in [0.15, 0.2) is 24.3 Å². The van der Waals surface area contributed by atoms with Gasteiger partial charge in [0.1, 0.15) is 5.75 Å². The molecular weight excluding hydrogens is 228 g/mol. The third kappa shape index (κ3) is 3.49. The van der Waals surface area contributed by atoms with Gasteiger partial charge in [0.05, 0.1) is 12.0 Å². The molecule has 0 aliphatic carbocycles. The van der Waals surface area contributed by atoms with Crippen molar-refractivity contribution in [3.05, 3.63) is 29.8 Å². The van der Waals surface area contributed by atoms with Crippen LogP contribution in [0.4, 0.5) is 0 Å². The average Bonchev–Trinajstić information content (AvgIpc) is 2.37. The standard InChI is InChI=1S/C15H22O3/c1-4-15(5-2,14(16)17)10-11-18-13-8-6-12(3)7-9-13/h6-9H,4-5,10-11H2,1-3H3,(H,16,17). The number of carboxylic acids is 1. The number of ether oxygens (including phenoxy) is 1. The molecule has 1 aromatic carbocycles. The van der Waals surface area contributed by atoms with E-state index in [1.165, 1.54) is 5.56 Å². The van der Waals surface area contributed by atoms with Crippen LogP contribution in [-0.2, 0) is 4.79 Å². The first kappa shape index (κ1) is 14.6. The molecule has 0 bridgehead atoms. The number of aryl methyl sites for hydroxylation is 1. The van der Waals surface area contributed by atoms with Gasteiger partial charge in [0.15, 0.2) is 0 Å². The van der Waals surface area contributed by atoms with E-state index in [0.29, 0.717) is 25.9 Å². The molecule has 3 heteroatoms. The van der Waals surface area contributed by atoms with Crippen LogP contribution in [0.1, 0.15) is 38.7 Å². The number of carbonyl (C=O) groups is 1. The average molecular weight is 250 g/mol. The molecule has 1 rings (SSSR count). The molecule has 0 saturated heterocycles. The molecule has 0 radical (unpaired) electrons. The molecule has 0 heterocycles. The molecule has 0 amide bonds. The maximum atomic E-state index is 11.3. The lowest BCUT2D eigenvalue weighted by molar-refractivity contribution is -0.150. The van der Waals surface area contributed by atoms with Crippen LogP contribution in [0.2, 0.25) is 0 Å². The minimum absolute atomic E-state index is 0.442. The van der Waals surface area contributed by atoms with Gasteiger partial charge in [0, 0.05) is 0 Å². The molecule has 0 saturated carbocycles. The van der Waals surface area contributed by atoms with Gasteiger partial charge in [-0.15, -0.1) is 0 Å². The van der Waals surface area contributed by atoms with E-state index in [9.17, 15) is 9.90 Å². The van der Waals surface area contributed by atoms with Gasteiger partial charge in [0.25, 0.3) is 0 Å². The molecule has 0 atom stereocenters. The molecule has 0 spiro atoms. The fraction of sp³-hybridized carbons (Fsp3) is 0.533. The van der Waals surface area contributed by atoms with Crippen molar-refractivity contribution in [3.63, 3.8) is 0 Å². The lowest BCUT2D eigenvalue weighted by Gasteiger charge is -2.26. The summed E-state index contributed by atoms with van der Waals surface area (Å²) in [5, 5.41) is 9.30. The predicted molar refractivity (Wildman–Crippen MR) is 71.9 cm³/mol. The van der Waals surface area contributed by atoms with Crippen molar-refractivity contribution >= 4 is 5.97 Å². The van der Waals surface area contributed by atoms with Gasteiger partial charge in [-0.1, -0.05) is 31.5 Å². The Bertz CT molecular complexity index is 377. The molecule has 0 aliphatic rings. The number of rotatable bonds is 7. The Kier molecular flexibility index (Phi) is 5.20. The van der Waals surface area contributed by atoms with Crippen LogP contribution in [0, 0.1) is 12.3 Å². The molecule has 3 nitrogen and oxygen atoms in total. The molecule has 100 valence electrons. The summed E-state index contributed by atoms with van der Waals surface area (Å²) in [6, 6.07) is 7.80. The van der Waals surface area contributed by atoms with Gasteiger partial charge >= 0.3 is 5.97 Å². The van der Waals surface area contributed by atoms with Crippen molar-refractivity contribution in [3.8, 4) is 5.75 Å². The topological polar surface area (TPSA) is 46.5 Å². The minimum atomic E-state index is -0.722. The zero-order valence-electron chi connectivity index (χ0n) is 11.4. The highest BCUT2D eigenvalue weighted by atomic mass is 16.5. The molecule has 1 N–H and O–H groups in total. The Morgan fingerprint density at radius 3 is 2.22 bits per heavy atom. The van der Waals surface area contributed by atoms with E-state index < -0.39 is 11.4 Å². The van der Waals surface area contributed by atoms with E-state index in [-0.39, 0.29) is 0 Å². The molecule has 0 aromatic heterocycles. The number of benzene rings is 1. The minimum Gasteiger partial charge on any atom is -0.494 e.